The number of hydrogen-bond acceptors (Lipinski definition) is 4. The quantitative estimate of drug-likeness (QED) is 0.718. The van der Waals surface area contributed by atoms with E-state index < -0.39 is 29.4 Å². The number of hydrogen-bond donors (Lipinski definition) is 2. The molecule has 1 aliphatic heterocycles. The van der Waals surface area contributed by atoms with Crippen molar-refractivity contribution in [3.63, 3.8) is 0 Å². The number of rotatable bonds is 2. The average molecular weight is 445 g/mol. The number of alkyl halides is 3. The van der Waals surface area contributed by atoms with Gasteiger partial charge in [0.15, 0.2) is 0 Å². The Hall–Kier alpha value is -2.20. The van der Waals surface area contributed by atoms with Crippen LogP contribution in [-0.2, 0) is 6.18 Å². The minimum atomic E-state index is -4.56. The zero-order valence-corrected chi connectivity index (χ0v) is 15.8. The molecular formula is C17H16BrF3N4O2. The van der Waals surface area contributed by atoms with E-state index in [-0.39, 0.29) is 29.9 Å². The molecule has 0 fully saturated rings. The number of amides is 1. The molecule has 144 valence electrons. The van der Waals surface area contributed by atoms with Gasteiger partial charge >= 0.3 is 12.3 Å². The lowest BCUT2D eigenvalue weighted by molar-refractivity contribution is -0.137. The molecule has 1 aromatic heterocycles. The van der Waals surface area contributed by atoms with Gasteiger partial charge in [-0.15, -0.1) is 0 Å². The lowest BCUT2D eigenvalue weighted by Gasteiger charge is -2.46. The number of benzene rings is 1. The van der Waals surface area contributed by atoms with Crippen LogP contribution in [0.15, 0.2) is 35.1 Å². The van der Waals surface area contributed by atoms with Gasteiger partial charge in [-0.2, -0.15) is 13.2 Å². The summed E-state index contributed by atoms with van der Waals surface area (Å²) in [5.41, 5.74) is 4.50. The van der Waals surface area contributed by atoms with Crippen molar-refractivity contribution in [1.29, 1.82) is 0 Å². The maximum atomic E-state index is 13.2. The highest BCUT2D eigenvalue weighted by Crippen LogP contribution is 2.46. The largest absolute Gasteiger partial charge is 0.465 e. The van der Waals surface area contributed by atoms with E-state index in [0.717, 1.165) is 23.1 Å². The molecule has 3 rings (SSSR count). The van der Waals surface area contributed by atoms with Gasteiger partial charge < -0.3 is 10.8 Å². The van der Waals surface area contributed by atoms with E-state index in [0.29, 0.717) is 4.47 Å². The molecule has 10 heteroatoms. The van der Waals surface area contributed by atoms with Gasteiger partial charge in [-0.3, -0.25) is 4.90 Å². The van der Waals surface area contributed by atoms with Crippen LogP contribution < -0.4 is 10.6 Å². The second kappa shape index (κ2) is 6.75. The fourth-order valence-electron chi connectivity index (χ4n) is 3.34. The van der Waals surface area contributed by atoms with E-state index in [4.69, 9.17) is 5.73 Å². The Labute approximate surface area is 161 Å². The Balaban J connectivity index is 2.24. The topological polar surface area (TPSA) is 92.3 Å². The first-order valence-electron chi connectivity index (χ1n) is 8.07. The van der Waals surface area contributed by atoms with Crippen LogP contribution >= 0.6 is 15.9 Å². The van der Waals surface area contributed by atoms with Crippen molar-refractivity contribution < 1.29 is 23.1 Å². The van der Waals surface area contributed by atoms with Crippen molar-refractivity contribution in [3.8, 4) is 0 Å². The van der Waals surface area contributed by atoms with Crippen LogP contribution in [0.4, 0.5) is 23.7 Å². The lowest BCUT2D eigenvalue weighted by Crippen LogP contribution is -2.61. The second-order valence-electron chi connectivity index (χ2n) is 6.36. The zero-order chi connectivity index (χ0) is 20.0. The molecule has 3 N–H and O–H groups in total. The number of nitrogens with zero attached hydrogens (tertiary/aromatic N) is 3. The summed E-state index contributed by atoms with van der Waals surface area (Å²) in [6.07, 6.45) is -2.57. The summed E-state index contributed by atoms with van der Waals surface area (Å²) in [5.74, 6) is -0.386. The summed E-state index contributed by atoms with van der Waals surface area (Å²) < 4.78 is 40.3. The molecule has 0 spiro atoms. The smallest absolute Gasteiger partial charge is 0.416 e. The minimum Gasteiger partial charge on any atom is -0.465 e. The lowest BCUT2D eigenvalue weighted by atomic mass is 9.80. The van der Waals surface area contributed by atoms with Crippen molar-refractivity contribution in [2.75, 3.05) is 4.90 Å². The van der Waals surface area contributed by atoms with Crippen molar-refractivity contribution in [1.82, 2.24) is 9.97 Å². The van der Waals surface area contributed by atoms with Gasteiger partial charge in [-0.25, -0.2) is 14.8 Å². The van der Waals surface area contributed by atoms with Crippen molar-refractivity contribution >= 4 is 27.7 Å². The van der Waals surface area contributed by atoms with Crippen LogP contribution in [0.3, 0.4) is 0 Å². The monoisotopic (exact) mass is 444 g/mol. The highest BCUT2D eigenvalue weighted by atomic mass is 79.9. The molecule has 0 aliphatic carbocycles. The van der Waals surface area contributed by atoms with E-state index in [1.807, 2.05) is 0 Å². The normalized spacial score (nSPS) is 22.4. The highest BCUT2D eigenvalue weighted by molar-refractivity contribution is 9.10. The average Bonchev–Trinajstić information content (AvgIpc) is 2.60. The standard InChI is InChI=1S/C17H16BrF3N4O2/c1-2-16(22)6-12(14-23-7-10(18)8-24-14)11-5-9(17(19,20)21)3-4-13(11)25(16)15(26)27/h3-5,7-8,12H,2,6,22H2,1H3,(H,26,27). The van der Waals surface area contributed by atoms with Gasteiger partial charge in [0, 0.05) is 18.3 Å². The van der Waals surface area contributed by atoms with Gasteiger partial charge in [0.2, 0.25) is 0 Å². The molecule has 0 radical (unpaired) electrons. The maximum Gasteiger partial charge on any atom is 0.416 e. The predicted octanol–water partition coefficient (Wildman–Crippen LogP) is 4.34. The van der Waals surface area contributed by atoms with E-state index in [9.17, 15) is 23.1 Å². The summed E-state index contributed by atoms with van der Waals surface area (Å²) >= 11 is 3.22. The van der Waals surface area contributed by atoms with Crippen LogP contribution in [0.25, 0.3) is 0 Å². The van der Waals surface area contributed by atoms with Crippen LogP contribution in [-0.4, -0.2) is 26.8 Å². The van der Waals surface area contributed by atoms with Crippen LogP contribution in [0.5, 0.6) is 0 Å². The first-order valence-corrected chi connectivity index (χ1v) is 8.86. The van der Waals surface area contributed by atoms with Crippen LogP contribution in [0, 0.1) is 0 Å². The molecule has 2 unspecified atom stereocenters. The van der Waals surface area contributed by atoms with E-state index in [2.05, 4.69) is 25.9 Å². The van der Waals surface area contributed by atoms with Gasteiger partial charge in [0.25, 0.3) is 0 Å². The second-order valence-corrected chi connectivity index (χ2v) is 7.28. The number of fused-ring (bicyclic) bond motifs is 1. The number of anilines is 1. The Morgan fingerprint density at radius 2 is 2.04 bits per heavy atom. The third-order valence-corrected chi connectivity index (χ3v) is 5.14. The maximum absolute atomic E-state index is 13.2. The number of nitrogens with two attached hydrogens (primary N) is 1. The van der Waals surface area contributed by atoms with E-state index in [1.165, 1.54) is 12.4 Å². The molecule has 2 aromatic rings. The molecule has 1 amide bonds. The Morgan fingerprint density at radius 3 is 2.56 bits per heavy atom. The SMILES string of the molecule is CCC1(N)CC(c2ncc(Br)cn2)c2cc(C(F)(F)F)ccc2N1C(=O)O. The van der Waals surface area contributed by atoms with Gasteiger partial charge in [0.05, 0.1) is 15.7 Å². The number of carbonyl (C=O) groups is 1. The Morgan fingerprint density at radius 1 is 1.41 bits per heavy atom. The van der Waals surface area contributed by atoms with Crippen molar-refractivity contribution in [2.45, 2.75) is 37.5 Å². The third-order valence-electron chi connectivity index (χ3n) is 4.73. The van der Waals surface area contributed by atoms with E-state index in [1.54, 1.807) is 6.92 Å². The summed E-state index contributed by atoms with van der Waals surface area (Å²) in [4.78, 5) is 21.2. The van der Waals surface area contributed by atoms with E-state index >= 15 is 0 Å². The summed E-state index contributed by atoms with van der Waals surface area (Å²) in [5, 5.41) is 9.66. The molecule has 2 heterocycles. The predicted molar refractivity (Wildman–Crippen MR) is 95.3 cm³/mol. The first-order chi connectivity index (χ1) is 12.6. The molecule has 0 bridgehead atoms. The fourth-order valence-corrected chi connectivity index (χ4v) is 3.54. The minimum absolute atomic E-state index is 0.0613. The number of halogens is 4. The molecule has 2 atom stereocenters. The first kappa shape index (κ1) is 19.6. The molecule has 6 nitrogen and oxygen atoms in total. The van der Waals surface area contributed by atoms with Crippen LogP contribution in [0.2, 0.25) is 0 Å². The number of carboxylic acid groups (broad SMARTS) is 1. The highest BCUT2D eigenvalue weighted by Gasteiger charge is 2.46. The van der Waals surface area contributed by atoms with Crippen LogP contribution in [0.1, 0.15) is 42.6 Å². The van der Waals surface area contributed by atoms with Gasteiger partial charge in [-0.05, 0) is 52.5 Å². The molecule has 1 aliphatic rings. The number of aromatic nitrogens is 2. The zero-order valence-electron chi connectivity index (χ0n) is 14.2. The molecule has 1 aromatic carbocycles. The molecule has 27 heavy (non-hydrogen) atoms. The Bertz CT molecular complexity index is 875. The summed E-state index contributed by atoms with van der Waals surface area (Å²) in [7, 11) is 0. The van der Waals surface area contributed by atoms with Crippen molar-refractivity contribution in [2.24, 2.45) is 5.73 Å². The summed E-state index contributed by atoms with van der Waals surface area (Å²) in [6.45, 7) is 1.73. The Kier molecular flexibility index (Phi) is 4.89. The molecular weight excluding hydrogens is 429 g/mol. The molecule has 0 saturated heterocycles. The van der Waals surface area contributed by atoms with Crippen molar-refractivity contribution in [3.05, 3.63) is 52.0 Å². The molecule has 0 saturated carbocycles. The van der Waals surface area contributed by atoms with Gasteiger partial charge in [0.1, 0.15) is 11.5 Å². The fraction of sp³-hybridized carbons (Fsp3) is 0.353. The summed E-state index contributed by atoms with van der Waals surface area (Å²) in [6, 6.07) is 2.96. The van der Waals surface area contributed by atoms with Gasteiger partial charge in [-0.1, -0.05) is 6.92 Å². The third kappa shape index (κ3) is 3.51.